The second-order valence-corrected chi connectivity index (χ2v) is 15.4. The summed E-state index contributed by atoms with van der Waals surface area (Å²) in [6, 6.07) is 10.9. The van der Waals surface area contributed by atoms with Crippen LogP contribution in [0.2, 0.25) is 0 Å². The summed E-state index contributed by atoms with van der Waals surface area (Å²) < 4.78 is 32.2. The molecule has 2 aromatic carbocycles. The lowest BCUT2D eigenvalue weighted by atomic mass is 9.55. The van der Waals surface area contributed by atoms with Crippen molar-refractivity contribution in [3.05, 3.63) is 82.4 Å². The molecule has 4 aliphatic rings. The number of nitro groups is 1. The van der Waals surface area contributed by atoms with Crippen molar-refractivity contribution in [3.63, 3.8) is 0 Å². The molecule has 0 bridgehead atoms. The number of nitrogens with zero attached hydrogens (tertiary/aromatic N) is 3. The fourth-order valence-electron chi connectivity index (χ4n) is 9.25. The fourth-order valence-corrected chi connectivity index (χ4v) is 9.25. The van der Waals surface area contributed by atoms with Crippen LogP contribution in [0.1, 0.15) is 96.0 Å². The molecule has 2 N–H and O–H groups in total. The molecule has 0 radical (unpaired) electrons. The average Bonchev–Trinajstić information content (AvgIpc) is 3.23. The number of oxime groups is 1. The van der Waals surface area contributed by atoms with E-state index >= 15 is 0 Å². The van der Waals surface area contributed by atoms with Gasteiger partial charge in [-0.1, -0.05) is 43.1 Å². The Bertz CT molecular complexity index is 1780. The number of rotatable bonds is 20. The molecule has 0 spiro atoms. The minimum atomic E-state index is -1.42. The molecule has 2 aliphatic heterocycles. The maximum absolute atomic E-state index is 14.0. The molecular weight excluding hydrogens is 746 g/mol. The Morgan fingerprint density at radius 2 is 1.88 bits per heavy atom. The Morgan fingerprint density at radius 3 is 2.59 bits per heavy atom. The van der Waals surface area contributed by atoms with Gasteiger partial charge in [-0.3, -0.25) is 15.0 Å². The predicted molar refractivity (Wildman–Crippen MR) is 217 cm³/mol. The Hall–Kier alpha value is -4.50. The van der Waals surface area contributed by atoms with Gasteiger partial charge >= 0.3 is 6.09 Å². The number of nitro benzene ring substituents is 1. The highest BCUT2D eigenvalue weighted by atomic mass is 16.8. The number of hydrogen-bond donors (Lipinski definition) is 2. The number of amides is 1. The van der Waals surface area contributed by atoms with E-state index in [1.807, 2.05) is 19.1 Å². The van der Waals surface area contributed by atoms with E-state index in [0.717, 1.165) is 49.7 Å². The summed E-state index contributed by atoms with van der Waals surface area (Å²) in [5.74, 6) is -0.804. The third-order valence-electron chi connectivity index (χ3n) is 11.7. The van der Waals surface area contributed by atoms with Crippen molar-refractivity contribution in [2.24, 2.45) is 22.9 Å². The monoisotopic (exact) mass is 805 g/mol. The quantitative estimate of drug-likeness (QED) is 0.0570. The molecule has 58 heavy (non-hydrogen) atoms. The Labute approximate surface area is 340 Å². The molecule has 6 rings (SSSR count). The van der Waals surface area contributed by atoms with Crippen LogP contribution < -0.4 is 9.47 Å². The number of non-ortho nitro benzene ring substituents is 1. The smallest absolute Gasteiger partial charge is 0.410 e. The van der Waals surface area contributed by atoms with Crippen molar-refractivity contribution >= 4 is 17.5 Å². The zero-order valence-electron chi connectivity index (χ0n) is 33.8. The number of aliphatic hydroxyl groups excluding tert-OH is 2. The van der Waals surface area contributed by atoms with E-state index in [4.69, 9.17) is 33.7 Å². The summed E-state index contributed by atoms with van der Waals surface area (Å²) in [5.41, 5.74) is 2.37. The Balaban J connectivity index is 1.58. The van der Waals surface area contributed by atoms with Crippen LogP contribution in [0, 0.1) is 27.9 Å². The van der Waals surface area contributed by atoms with E-state index in [9.17, 15) is 25.1 Å². The Kier molecular flexibility index (Phi) is 15.2. The molecule has 0 aromatic heterocycles. The van der Waals surface area contributed by atoms with Crippen LogP contribution in [0.15, 0.2) is 71.9 Å². The highest BCUT2D eigenvalue weighted by Crippen LogP contribution is 2.62. The van der Waals surface area contributed by atoms with Crippen LogP contribution in [-0.2, 0) is 19.0 Å². The number of hydrogen-bond acceptors (Lipinski definition) is 12. The van der Waals surface area contributed by atoms with E-state index in [0.29, 0.717) is 61.8 Å². The maximum Gasteiger partial charge on any atom is 0.410 e. The topological polar surface area (TPSA) is 172 Å². The largest absolute Gasteiger partial charge is 0.459 e. The first kappa shape index (κ1) is 43.1. The molecule has 1 amide bonds. The van der Waals surface area contributed by atoms with Crippen LogP contribution in [0.4, 0.5) is 10.5 Å². The number of allylic oxidation sites excluding steroid dienone is 1. The summed E-state index contributed by atoms with van der Waals surface area (Å²) in [6.07, 6.45) is 10.9. The molecule has 2 heterocycles. The van der Waals surface area contributed by atoms with E-state index in [1.165, 1.54) is 12.1 Å². The SMILES string of the molecule is C=CCO[C@@]12Oc3ccc(Oc4cccc([N+](=O)[O-])c4)cc3[C@H]3[C@H](CCCCO)[C@@H](CCCCO)C=C(C(=NOC4CCCCO4)C[C@@H]1N(CCC)C(=O)OCC)[C@H]32. The number of aliphatic hydroxyl groups is 2. The summed E-state index contributed by atoms with van der Waals surface area (Å²) in [5, 5.41) is 36.2. The van der Waals surface area contributed by atoms with Crippen LogP contribution in [0.5, 0.6) is 17.2 Å². The van der Waals surface area contributed by atoms with Gasteiger partial charge in [-0.25, -0.2) is 4.79 Å². The van der Waals surface area contributed by atoms with Crippen molar-refractivity contribution in [3.8, 4) is 17.2 Å². The minimum absolute atomic E-state index is 0.00577. The average molecular weight is 806 g/mol. The second-order valence-electron chi connectivity index (χ2n) is 15.4. The van der Waals surface area contributed by atoms with Gasteiger partial charge in [-0.2, -0.15) is 0 Å². The lowest BCUT2D eigenvalue weighted by Crippen LogP contribution is -2.70. The van der Waals surface area contributed by atoms with E-state index in [1.54, 1.807) is 36.1 Å². The van der Waals surface area contributed by atoms with Crippen molar-refractivity contribution in [2.75, 3.05) is 39.6 Å². The van der Waals surface area contributed by atoms with Crippen molar-refractivity contribution < 1.29 is 48.5 Å². The van der Waals surface area contributed by atoms with Gasteiger partial charge in [-0.05, 0) is 93.5 Å². The number of fused-ring (bicyclic) bond motifs is 2. The standard InChI is InChI=1S/C44H59N3O11/c1-4-21-46(43(50)53-6-3)39-29-37(45-58-40-18-9-12-25-54-40)35-26-30(14-7-10-22-48)34(17-8-11-23-49)41-36-28-33(56-32-16-13-15-31(27-32)47(51)52)19-20-38(36)57-44(39,42(35)41)55-24-5-2/h5,13,15-16,19-20,26-28,30,34,39-42,48-49H,2,4,6-12,14,17-18,21-25,29H2,1,3H3/t30-,34+,39-,40?,41+,42+,44+/m0/s1. The molecule has 7 atom stereocenters. The number of unbranched alkanes of at least 4 members (excludes halogenated alkanes) is 2. The third kappa shape index (κ3) is 9.51. The van der Waals surface area contributed by atoms with Gasteiger partial charge in [0.1, 0.15) is 23.3 Å². The van der Waals surface area contributed by atoms with Crippen molar-refractivity contribution in [1.82, 2.24) is 4.90 Å². The van der Waals surface area contributed by atoms with Gasteiger partial charge in [0.25, 0.3) is 5.69 Å². The summed E-state index contributed by atoms with van der Waals surface area (Å²) in [4.78, 5) is 33.1. The van der Waals surface area contributed by atoms with Crippen LogP contribution >= 0.6 is 0 Å². The highest BCUT2D eigenvalue weighted by molar-refractivity contribution is 6.03. The van der Waals surface area contributed by atoms with Crippen LogP contribution in [0.3, 0.4) is 0 Å². The summed E-state index contributed by atoms with van der Waals surface area (Å²) in [7, 11) is 0. The molecule has 14 heteroatoms. The zero-order valence-corrected chi connectivity index (χ0v) is 33.8. The third-order valence-corrected chi connectivity index (χ3v) is 11.7. The van der Waals surface area contributed by atoms with E-state index < -0.39 is 35.1 Å². The number of benzene rings is 2. The zero-order chi connectivity index (χ0) is 41.1. The summed E-state index contributed by atoms with van der Waals surface area (Å²) >= 11 is 0. The molecular formula is C44H59N3O11. The number of carbonyl (C=O) groups is 1. The molecule has 2 aliphatic carbocycles. The first-order valence-electron chi connectivity index (χ1n) is 21.0. The number of ether oxygens (including phenoxy) is 5. The summed E-state index contributed by atoms with van der Waals surface area (Å²) in [6.45, 7) is 9.21. The maximum atomic E-state index is 14.0. The van der Waals surface area contributed by atoms with Crippen molar-refractivity contribution in [1.29, 1.82) is 0 Å². The van der Waals surface area contributed by atoms with Crippen molar-refractivity contribution in [2.45, 2.75) is 109 Å². The molecule has 1 saturated heterocycles. The molecule has 2 aromatic rings. The normalized spacial score (nSPS) is 26.7. The van der Waals surface area contributed by atoms with Gasteiger partial charge in [0.05, 0.1) is 42.4 Å². The second kappa shape index (κ2) is 20.5. The molecule has 1 unspecified atom stereocenters. The number of carbonyl (C=O) groups excluding carboxylic acids is 1. The van der Waals surface area contributed by atoms with Crippen LogP contribution in [0.25, 0.3) is 0 Å². The van der Waals surface area contributed by atoms with Gasteiger partial charge in [-0.15, -0.1) is 6.58 Å². The van der Waals surface area contributed by atoms with Gasteiger partial charge < -0.3 is 38.7 Å². The molecule has 1 saturated carbocycles. The van der Waals surface area contributed by atoms with Crippen LogP contribution in [-0.4, -0.2) is 89.5 Å². The lowest BCUT2D eigenvalue weighted by molar-refractivity contribution is -0.384. The fraction of sp³-hybridized carbons (Fsp3) is 0.591. The molecule has 316 valence electrons. The minimum Gasteiger partial charge on any atom is -0.459 e. The Morgan fingerprint density at radius 1 is 1.09 bits per heavy atom. The first-order valence-corrected chi connectivity index (χ1v) is 21.0. The van der Waals surface area contributed by atoms with Gasteiger partial charge in [0.2, 0.25) is 12.1 Å². The highest BCUT2D eigenvalue weighted by Gasteiger charge is 2.65. The van der Waals surface area contributed by atoms with E-state index in [2.05, 4.69) is 12.7 Å². The predicted octanol–water partition coefficient (Wildman–Crippen LogP) is 8.42. The van der Waals surface area contributed by atoms with Gasteiger partial charge in [0, 0.05) is 50.1 Å². The first-order chi connectivity index (χ1) is 28.3. The lowest BCUT2D eigenvalue weighted by Gasteiger charge is -2.59. The molecule has 2 fully saturated rings. The van der Waals surface area contributed by atoms with E-state index in [-0.39, 0.29) is 56.3 Å². The van der Waals surface area contributed by atoms with Gasteiger partial charge in [0.15, 0.2) is 0 Å². The molecule has 14 nitrogen and oxygen atoms in total.